The van der Waals surface area contributed by atoms with E-state index in [1.54, 1.807) is 36.4 Å². The van der Waals surface area contributed by atoms with Gasteiger partial charge in [0.05, 0.1) is 11.5 Å². The molecular weight excluding hydrogens is 302 g/mol. The van der Waals surface area contributed by atoms with Crippen LogP contribution in [0.15, 0.2) is 58.5 Å². The van der Waals surface area contributed by atoms with E-state index < -0.39 is 10.1 Å². The Balaban J connectivity index is 1.95. The lowest BCUT2D eigenvalue weighted by molar-refractivity contribution is 0.322. The smallest absolute Gasteiger partial charge is 0.266 e. The molecule has 0 spiro atoms. The van der Waals surface area contributed by atoms with Crippen LogP contribution >= 0.6 is 0 Å². The Morgan fingerprint density at radius 2 is 1.73 bits per heavy atom. The van der Waals surface area contributed by atoms with E-state index in [9.17, 15) is 8.42 Å². The normalized spacial score (nSPS) is 11.0. The molecule has 0 saturated carbocycles. The molecule has 22 heavy (non-hydrogen) atoms. The lowest BCUT2D eigenvalue weighted by Gasteiger charge is -2.06. The second-order valence-electron chi connectivity index (χ2n) is 4.70. The Morgan fingerprint density at radius 1 is 1.09 bits per heavy atom. The number of hydrogen-bond acceptors (Lipinski definition) is 4. The zero-order valence-corrected chi connectivity index (χ0v) is 12.8. The minimum atomic E-state index is -3.73. The Kier molecular flexibility index (Phi) is 5.16. The van der Waals surface area contributed by atoms with Crippen LogP contribution in [0.4, 0.5) is 5.69 Å². The van der Waals surface area contributed by atoms with Gasteiger partial charge in [0.2, 0.25) is 0 Å². The molecule has 0 aliphatic rings. The van der Waals surface area contributed by atoms with E-state index in [-0.39, 0.29) is 11.5 Å². The van der Waals surface area contributed by atoms with E-state index in [0.29, 0.717) is 12.1 Å². The molecule has 7 heteroatoms. The molecule has 0 amide bonds. The molecule has 2 aromatic rings. The van der Waals surface area contributed by atoms with Crippen LogP contribution in [-0.4, -0.2) is 15.0 Å². The third-order valence-electron chi connectivity index (χ3n) is 3.04. The Hall–Kier alpha value is -2.34. The molecule has 0 heterocycles. The number of rotatable bonds is 6. The number of benzene rings is 2. The van der Waals surface area contributed by atoms with E-state index >= 15 is 0 Å². The van der Waals surface area contributed by atoms with Crippen molar-refractivity contribution in [3.05, 3.63) is 70.1 Å². The van der Waals surface area contributed by atoms with Crippen LogP contribution in [0.1, 0.15) is 11.1 Å². The first-order valence-corrected chi connectivity index (χ1v) is 8.02. The van der Waals surface area contributed by atoms with Gasteiger partial charge in [-0.3, -0.25) is 4.18 Å². The molecule has 2 aromatic carbocycles. The highest BCUT2D eigenvalue weighted by molar-refractivity contribution is 7.86. The van der Waals surface area contributed by atoms with E-state index in [1.165, 1.54) is 12.1 Å². The summed E-state index contributed by atoms with van der Waals surface area (Å²) in [4.78, 5) is 2.84. The number of hydrogen-bond donors (Lipinski definition) is 0. The highest BCUT2D eigenvalue weighted by atomic mass is 32.2. The summed E-state index contributed by atoms with van der Waals surface area (Å²) in [5, 5.41) is 3.47. The summed E-state index contributed by atoms with van der Waals surface area (Å²) < 4.78 is 29.0. The zero-order chi connectivity index (χ0) is 16.0. The van der Waals surface area contributed by atoms with Gasteiger partial charge in [-0.2, -0.15) is 8.42 Å². The summed E-state index contributed by atoms with van der Waals surface area (Å²) in [5.41, 5.74) is 10.7. The average Bonchev–Trinajstić information content (AvgIpc) is 2.50. The van der Waals surface area contributed by atoms with Crippen LogP contribution in [0, 0.1) is 6.92 Å². The second kappa shape index (κ2) is 7.09. The van der Waals surface area contributed by atoms with Crippen molar-refractivity contribution in [2.24, 2.45) is 5.11 Å². The maximum absolute atomic E-state index is 12.0. The summed E-state index contributed by atoms with van der Waals surface area (Å²) in [6.07, 6.45) is 0.446. The summed E-state index contributed by atoms with van der Waals surface area (Å²) in [7, 11) is -3.73. The van der Waals surface area contributed by atoms with Crippen LogP contribution in [0.3, 0.4) is 0 Å². The number of aryl methyl sites for hydroxylation is 1. The van der Waals surface area contributed by atoms with Gasteiger partial charge in [-0.25, -0.2) is 0 Å². The van der Waals surface area contributed by atoms with Crippen LogP contribution in [0.2, 0.25) is 0 Å². The summed E-state index contributed by atoms with van der Waals surface area (Å²) in [6.45, 7) is 1.94. The first kappa shape index (κ1) is 16.0. The molecule has 0 aliphatic carbocycles. The fourth-order valence-corrected chi connectivity index (χ4v) is 2.73. The van der Waals surface area contributed by atoms with Crippen molar-refractivity contribution in [1.29, 1.82) is 0 Å². The van der Waals surface area contributed by atoms with Gasteiger partial charge in [-0.1, -0.05) is 47.1 Å². The largest absolute Gasteiger partial charge is 0.296 e. The Labute approximate surface area is 129 Å². The van der Waals surface area contributed by atoms with Crippen LogP contribution in [0.5, 0.6) is 0 Å². The van der Waals surface area contributed by atoms with Gasteiger partial charge in [-0.05, 0) is 36.6 Å². The Bertz CT molecular complexity index is 778. The SMILES string of the molecule is Cc1ccc(S(=O)(=O)OCCc2ccc(N=[N+]=[N-])cc2)cc1. The lowest BCUT2D eigenvalue weighted by Crippen LogP contribution is -2.09. The molecule has 6 nitrogen and oxygen atoms in total. The van der Waals surface area contributed by atoms with Gasteiger partial charge in [0.25, 0.3) is 10.1 Å². The lowest BCUT2D eigenvalue weighted by atomic mass is 10.1. The van der Waals surface area contributed by atoms with Crippen molar-refractivity contribution in [3.8, 4) is 0 Å². The maximum atomic E-state index is 12.0. The third-order valence-corrected chi connectivity index (χ3v) is 4.36. The van der Waals surface area contributed by atoms with Crippen molar-refractivity contribution in [2.45, 2.75) is 18.2 Å². The fraction of sp³-hybridized carbons (Fsp3) is 0.200. The van der Waals surface area contributed by atoms with Gasteiger partial charge in [0.15, 0.2) is 0 Å². The number of nitrogens with zero attached hydrogens (tertiary/aromatic N) is 3. The van der Waals surface area contributed by atoms with E-state index in [4.69, 9.17) is 9.71 Å². The fourth-order valence-electron chi connectivity index (χ4n) is 1.82. The number of azide groups is 1. The van der Waals surface area contributed by atoms with E-state index in [1.807, 2.05) is 6.92 Å². The molecule has 0 aromatic heterocycles. The standard InChI is InChI=1S/C15H15N3O3S/c1-12-2-8-15(9-3-12)22(19,20)21-11-10-13-4-6-14(7-5-13)17-18-16/h2-9H,10-11H2,1H3. The van der Waals surface area contributed by atoms with Crippen molar-refractivity contribution in [3.63, 3.8) is 0 Å². The van der Waals surface area contributed by atoms with Gasteiger partial charge in [0, 0.05) is 10.6 Å². The monoisotopic (exact) mass is 317 g/mol. The highest BCUT2D eigenvalue weighted by Crippen LogP contribution is 2.16. The molecule has 2 rings (SSSR count). The van der Waals surface area contributed by atoms with Gasteiger partial charge >= 0.3 is 0 Å². The molecular formula is C15H15N3O3S. The predicted octanol–water partition coefficient (Wildman–Crippen LogP) is 3.88. The quantitative estimate of drug-likeness (QED) is 0.350. The molecule has 0 saturated heterocycles. The van der Waals surface area contributed by atoms with Gasteiger partial charge in [-0.15, -0.1) is 0 Å². The summed E-state index contributed by atoms with van der Waals surface area (Å²) >= 11 is 0. The minimum absolute atomic E-state index is 0.0527. The first-order valence-electron chi connectivity index (χ1n) is 6.61. The minimum Gasteiger partial charge on any atom is -0.266 e. The van der Waals surface area contributed by atoms with E-state index in [0.717, 1.165) is 11.1 Å². The molecule has 0 radical (unpaired) electrons. The van der Waals surface area contributed by atoms with Crippen molar-refractivity contribution >= 4 is 15.8 Å². The molecule has 114 valence electrons. The second-order valence-corrected chi connectivity index (χ2v) is 6.31. The van der Waals surface area contributed by atoms with Gasteiger partial charge in [0.1, 0.15) is 0 Å². The van der Waals surface area contributed by atoms with Gasteiger partial charge < -0.3 is 0 Å². The maximum Gasteiger partial charge on any atom is 0.296 e. The Morgan fingerprint density at radius 3 is 2.32 bits per heavy atom. The van der Waals surface area contributed by atoms with Crippen LogP contribution in [-0.2, 0) is 20.7 Å². The molecule has 0 aliphatic heterocycles. The van der Waals surface area contributed by atoms with Crippen LogP contribution < -0.4 is 0 Å². The molecule has 0 N–H and O–H groups in total. The molecule has 0 unspecified atom stereocenters. The molecule has 0 bridgehead atoms. The zero-order valence-electron chi connectivity index (χ0n) is 12.0. The van der Waals surface area contributed by atoms with Crippen molar-refractivity contribution in [2.75, 3.05) is 6.61 Å². The summed E-state index contributed by atoms with van der Waals surface area (Å²) in [5.74, 6) is 0. The summed E-state index contributed by atoms with van der Waals surface area (Å²) in [6, 6.07) is 13.4. The third kappa shape index (κ3) is 4.33. The molecule has 0 fully saturated rings. The van der Waals surface area contributed by atoms with Crippen molar-refractivity contribution in [1.82, 2.24) is 0 Å². The van der Waals surface area contributed by atoms with E-state index in [2.05, 4.69) is 10.0 Å². The first-order chi connectivity index (χ1) is 10.5. The van der Waals surface area contributed by atoms with Crippen molar-refractivity contribution < 1.29 is 12.6 Å². The topological polar surface area (TPSA) is 92.1 Å². The molecule has 0 atom stereocenters. The van der Waals surface area contributed by atoms with Crippen LogP contribution in [0.25, 0.3) is 10.4 Å². The highest BCUT2D eigenvalue weighted by Gasteiger charge is 2.14. The average molecular weight is 317 g/mol. The predicted molar refractivity (Wildman–Crippen MR) is 83.3 cm³/mol.